The molecule has 2 N–H and O–H groups in total. The number of hydrogen-bond acceptors (Lipinski definition) is 6. The highest BCUT2D eigenvalue weighted by Crippen LogP contribution is 2.39. The molecule has 2 aromatic rings. The lowest BCUT2D eigenvalue weighted by molar-refractivity contribution is 0.251. The summed E-state index contributed by atoms with van der Waals surface area (Å²) in [5.74, 6) is 1.86. The Labute approximate surface area is 158 Å². The van der Waals surface area contributed by atoms with E-state index in [1.165, 1.54) is 21.3 Å². The Morgan fingerprint density at radius 3 is 2.11 bits per heavy atom. The highest BCUT2D eigenvalue weighted by molar-refractivity contribution is 5.90. The largest absolute Gasteiger partial charge is 0.493 e. The smallest absolute Gasteiger partial charge is 0.319 e. The number of amides is 2. The molecule has 0 atom stereocenters. The SMILES string of the molecule is COc1cc(NC(=O)NCc2c(C)cc(C)nc2OC)cc(OC)c1OC. The number of anilines is 1. The van der Waals surface area contributed by atoms with E-state index in [-0.39, 0.29) is 12.6 Å². The van der Waals surface area contributed by atoms with Crippen molar-refractivity contribution in [3.8, 4) is 23.1 Å². The third kappa shape index (κ3) is 4.72. The predicted octanol–water partition coefficient (Wildman–Crippen LogP) is 3.05. The average molecular weight is 375 g/mol. The number of hydrogen-bond donors (Lipinski definition) is 2. The van der Waals surface area contributed by atoms with Crippen LogP contribution in [0.15, 0.2) is 18.2 Å². The fourth-order valence-corrected chi connectivity index (χ4v) is 2.71. The van der Waals surface area contributed by atoms with Crippen molar-refractivity contribution < 1.29 is 23.7 Å². The number of benzene rings is 1. The fraction of sp³-hybridized carbons (Fsp3) is 0.368. The number of rotatable bonds is 7. The predicted molar refractivity (Wildman–Crippen MR) is 102 cm³/mol. The zero-order chi connectivity index (χ0) is 20.0. The Bertz CT molecular complexity index is 798. The molecule has 146 valence electrons. The van der Waals surface area contributed by atoms with Gasteiger partial charge < -0.3 is 29.6 Å². The Kier molecular flexibility index (Phi) is 6.70. The Hall–Kier alpha value is -3.16. The van der Waals surface area contributed by atoms with Crippen molar-refractivity contribution >= 4 is 11.7 Å². The van der Waals surface area contributed by atoms with Gasteiger partial charge >= 0.3 is 6.03 Å². The molecule has 0 spiro atoms. The molecule has 0 unspecified atom stereocenters. The molecule has 1 heterocycles. The van der Waals surface area contributed by atoms with Gasteiger partial charge in [0.2, 0.25) is 11.6 Å². The van der Waals surface area contributed by atoms with E-state index < -0.39 is 0 Å². The minimum Gasteiger partial charge on any atom is -0.493 e. The highest BCUT2D eigenvalue weighted by Gasteiger charge is 2.15. The molecule has 1 aromatic carbocycles. The van der Waals surface area contributed by atoms with E-state index in [1.807, 2.05) is 19.9 Å². The van der Waals surface area contributed by atoms with Gasteiger partial charge in [-0.15, -0.1) is 0 Å². The minimum absolute atomic E-state index is 0.276. The van der Waals surface area contributed by atoms with Gasteiger partial charge in [-0.1, -0.05) is 0 Å². The average Bonchev–Trinajstić information content (AvgIpc) is 2.65. The maximum atomic E-state index is 12.3. The molecular weight excluding hydrogens is 350 g/mol. The van der Waals surface area contributed by atoms with Crippen molar-refractivity contribution in [2.24, 2.45) is 0 Å². The van der Waals surface area contributed by atoms with Crippen LogP contribution in [0.2, 0.25) is 0 Å². The molecule has 0 aliphatic rings. The van der Waals surface area contributed by atoms with E-state index in [9.17, 15) is 4.79 Å². The Balaban J connectivity index is 2.13. The zero-order valence-electron chi connectivity index (χ0n) is 16.4. The van der Waals surface area contributed by atoms with Gasteiger partial charge in [0, 0.05) is 23.4 Å². The van der Waals surface area contributed by atoms with Crippen molar-refractivity contribution in [3.63, 3.8) is 0 Å². The molecule has 2 rings (SSSR count). The molecule has 0 bridgehead atoms. The summed E-state index contributed by atoms with van der Waals surface area (Å²) >= 11 is 0. The number of aromatic nitrogens is 1. The molecule has 0 fully saturated rings. The third-order valence-electron chi connectivity index (χ3n) is 3.98. The van der Waals surface area contributed by atoms with Gasteiger partial charge in [-0.2, -0.15) is 0 Å². The first-order valence-corrected chi connectivity index (χ1v) is 8.29. The van der Waals surface area contributed by atoms with E-state index in [4.69, 9.17) is 18.9 Å². The van der Waals surface area contributed by atoms with Crippen molar-refractivity contribution in [2.45, 2.75) is 20.4 Å². The lowest BCUT2D eigenvalue weighted by atomic mass is 10.1. The molecule has 0 aliphatic carbocycles. The van der Waals surface area contributed by atoms with E-state index in [2.05, 4.69) is 15.6 Å². The summed E-state index contributed by atoms with van der Waals surface area (Å²) in [6.45, 7) is 4.12. The second-order valence-electron chi connectivity index (χ2n) is 5.79. The molecule has 0 radical (unpaired) electrons. The van der Waals surface area contributed by atoms with Crippen LogP contribution in [0.1, 0.15) is 16.8 Å². The number of urea groups is 1. The van der Waals surface area contributed by atoms with Crippen LogP contribution in [0.4, 0.5) is 10.5 Å². The first-order chi connectivity index (χ1) is 12.9. The summed E-state index contributed by atoms with van der Waals surface area (Å²) in [6, 6.07) is 4.86. The van der Waals surface area contributed by atoms with E-state index in [1.54, 1.807) is 19.2 Å². The van der Waals surface area contributed by atoms with Gasteiger partial charge in [-0.05, 0) is 25.5 Å². The minimum atomic E-state index is -0.383. The molecule has 1 aromatic heterocycles. The number of methoxy groups -OCH3 is 4. The topological polar surface area (TPSA) is 90.9 Å². The van der Waals surface area contributed by atoms with Gasteiger partial charge in [0.15, 0.2) is 11.5 Å². The maximum absolute atomic E-state index is 12.3. The summed E-state index contributed by atoms with van der Waals surface area (Å²) < 4.78 is 21.2. The molecule has 0 aliphatic heterocycles. The van der Waals surface area contributed by atoms with E-state index in [0.717, 1.165) is 16.8 Å². The lowest BCUT2D eigenvalue weighted by Gasteiger charge is -2.16. The van der Waals surface area contributed by atoms with Crippen molar-refractivity contribution in [1.29, 1.82) is 0 Å². The van der Waals surface area contributed by atoms with Gasteiger partial charge in [0.1, 0.15) is 0 Å². The Morgan fingerprint density at radius 1 is 0.963 bits per heavy atom. The van der Waals surface area contributed by atoms with E-state index >= 15 is 0 Å². The number of nitrogens with zero attached hydrogens (tertiary/aromatic N) is 1. The number of carbonyl (C=O) groups excluding carboxylic acids is 1. The van der Waals surface area contributed by atoms with Crippen LogP contribution < -0.4 is 29.6 Å². The first kappa shape index (κ1) is 20.2. The molecule has 0 saturated carbocycles. The maximum Gasteiger partial charge on any atom is 0.319 e. The second kappa shape index (κ2) is 8.98. The second-order valence-corrected chi connectivity index (χ2v) is 5.79. The number of aryl methyl sites for hydroxylation is 2. The van der Waals surface area contributed by atoms with Gasteiger partial charge in [0.25, 0.3) is 0 Å². The number of ether oxygens (including phenoxy) is 4. The Morgan fingerprint density at radius 2 is 1.59 bits per heavy atom. The summed E-state index contributed by atoms with van der Waals surface area (Å²) in [4.78, 5) is 16.7. The fourth-order valence-electron chi connectivity index (χ4n) is 2.71. The van der Waals surface area contributed by atoms with Crippen LogP contribution in [0.3, 0.4) is 0 Å². The van der Waals surface area contributed by atoms with Crippen LogP contribution in [-0.4, -0.2) is 39.5 Å². The molecule has 8 heteroatoms. The first-order valence-electron chi connectivity index (χ1n) is 8.29. The summed E-state index contributed by atoms with van der Waals surface area (Å²) in [6.07, 6.45) is 0. The molecular formula is C19H25N3O5. The van der Waals surface area contributed by atoms with Crippen molar-refractivity contribution in [3.05, 3.63) is 35.0 Å². The highest BCUT2D eigenvalue weighted by atomic mass is 16.5. The van der Waals surface area contributed by atoms with Crippen molar-refractivity contribution in [2.75, 3.05) is 33.8 Å². The quantitative estimate of drug-likeness (QED) is 0.773. The summed E-state index contributed by atoms with van der Waals surface area (Å²) in [7, 11) is 6.10. The van der Waals surface area contributed by atoms with Crippen molar-refractivity contribution in [1.82, 2.24) is 10.3 Å². The summed E-state index contributed by atoms with van der Waals surface area (Å²) in [5, 5.41) is 5.56. The van der Waals surface area contributed by atoms with Crippen LogP contribution in [-0.2, 0) is 6.54 Å². The van der Waals surface area contributed by atoms with Crippen LogP contribution in [0.5, 0.6) is 23.1 Å². The third-order valence-corrected chi connectivity index (χ3v) is 3.98. The lowest BCUT2D eigenvalue weighted by Crippen LogP contribution is -2.28. The standard InChI is InChI=1S/C19H25N3O5/c1-11-7-12(2)21-18(27-6)14(11)10-20-19(23)22-13-8-15(24-3)17(26-5)16(9-13)25-4/h7-9H,10H2,1-6H3,(H2,20,22,23). The number of carbonyl (C=O) groups is 1. The zero-order valence-corrected chi connectivity index (χ0v) is 16.4. The van der Waals surface area contributed by atoms with Gasteiger partial charge in [-0.3, -0.25) is 0 Å². The van der Waals surface area contributed by atoms with Gasteiger partial charge in [0.05, 0.1) is 40.7 Å². The summed E-state index contributed by atoms with van der Waals surface area (Å²) in [5.41, 5.74) is 3.18. The monoisotopic (exact) mass is 375 g/mol. The molecule has 2 amide bonds. The van der Waals surface area contributed by atoms with Gasteiger partial charge in [-0.25, -0.2) is 9.78 Å². The molecule has 8 nitrogen and oxygen atoms in total. The molecule has 27 heavy (non-hydrogen) atoms. The number of nitrogens with one attached hydrogen (secondary N) is 2. The normalized spacial score (nSPS) is 10.1. The van der Waals surface area contributed by atoms with Crippen LogP contribution >= 0.6 is 0 Å². The number of pyridine rings is 1. The van der Waals surface area contributed by atoms with Crippen LogP contribution in [0, 0.1) is 13.8 Å². The molecule has 0 saturated heterocycles. The van der Waals surface area contributed by atoms with E-state index in [0.29, 0.717) is 28.8 Å². The van der Waals surface area contributed by atoms with Crippen LogP contribution in [0.25, 0.3) is 0 Å².